The predicted molar refractivity (Wildman–Crippen MR) is 86.9 cm³/mol. The van der Waals surface area contributed by atoms with Crippen molar-refractivity contribution >= 4 is 11.8 Å². The quantitative estimate of drug-likeness (QED) is 0.844. The molecule has 124 valence electrons. The maximum absolute atomic E-state index is 13.9. The molecule has 1 atom stereocenters. The van der Waals surface area contributed by atoms with Crippen molar-refractivity contribution in [1.29, 1.82) is 0 Å². The van der Waals surface area contributed by atoms with Crippen LogP contribution in [0.15, 0.2) is 27.6 Å². The van der Waals surface area contributed by atoms with Gasteiger partial charge in [0.05, 0.1) is 6.10 Å². The lowest BCUT2D eigenvalue weighted by Crippen LogP contribution is -2.33. The first-order chi connectivity index (χ1) is 11.2. The van der Waals surface area contributed by atoms with Crippen molar-refractivity contribution in [2.75, 3.05) is 19.3 Å². The summed E-state index contributed by atoms with van der Waals surface area (Å²) >= 11 is 1.36. The Kier molecular flexibility index (Phi) is 5.30. The van der Waals surface area contributed by atoms with Crippen molar-refractivity contribution in [2.45, 2.75) is 36.9 Å². The molecule has 1 aliphatic heterocycles. The van der Waals surface area contributed by atoms with E-state index in [1.165, 1.54) is 17.8 Å². The number of thioether (sulfide) groups is 1. The van der Waals surface area contributed by atoms with E-state index in [1.807, 2.05) is 13.2 Å². The third-order valence-corrected chi connectivity index (χ3v) is 4.65. The van der Waals surface area contributed by atoms with Crippen LogP contribution in [0.3, 0.4) is 0 Å². The molecule has 5 nitrogen and oxygen atoms in total. The van der Waals surface area contributed by atoms with E-state index >= 15 is 0 Å². The van der Waals surface area contributed by atoms with Gasteiger partial charge in [-0.05, 0) is 57.3 Å². The summed E-state index contributed by atoms with van der Waals surface area (Å²) in [6.07, 6.45) is 3.73. The molecular formula is C16H20FN3O2S. The number of aromatic nitrogens is 2. The standard InChI is InChI=1S/C16H20FN3O2S/c1-10(21-12-5-7-18-8-6-12)16-19-15(20-22-16)11-3-4-14(23-2)13(17)9-11/h3-4,9-10,12,18H,5-8H2,1-2H3/t10-/m0/s1. The van der Waals surface area contributed by atoms with Gasteiger partial charge in [-0.15, -0.1) is 11.8 Å². The Bertz CT molecular complexity index is 659. The second kappa shape index (κ2) is 7.42. The smallest absolute Gasteiger partial charge is 0.255 e. The lowest BCUT2D eigenvalue weighted by Gasteiger charge is -2.24. The average molecular weight is 337 g/mol. The summed E-state index contributed by atoms with van der Waals surface area (Å²) in [4.78, 5) is 4.95. The van der Waals surface area contributed by atoms with Crippen molar-refractivity contribution in [3.63, 3.8) is 0 Å². The summed E-state index contributed by atoms with van der Waals surface area (Å²) in [6.45, 7) is 3.83. The summed E-state index contributed by atoms with van der Waals surface area (Å²) in [7, 11) is 0. The molecule has 0 amide bonds. The van der Waals surface area contributed by atoms with Crippen molar-refractivity contribution in [3.8, 4) is 11.4 Å². The predicted octanol–water partition coefficient (Wildman–Crippen LogP) is 3.43. The van der Waals surface area contributed by atoms with E-state index in [0.717, 1.165) is 25.9 Å². The van der Waals surface area contributed by atoms with E-state index in [4.69, 9.17) is 9.26 Å². The van der Waals surface area contributed by atoms with Crippen molar-refractivity contribution in [3.05, 3.63) is 29.9 Å². The molecule has 1 aliphatic rings. The van der Waals surface area contributed by atoms with Crippen LogP contribution in [0.5, 0.6) is 0 Å². The highest BCUT2D eigenvalue weighted by atomic mass is 32.2. The molecular weight excluding hydrogens is 317 g/mol. The second-order valence-electron chi connectivity index (χ2n) is 5.53. The minimum absolute atomic E-state index is 0.208. The number of ether oxygens (including phenoxy) is 1. The summed E-state index contributed by atoms with van der Waals surface area (Å²) < 4.78 is 25.1. The van der Waals surface area contributed by atoms with Gasteiger partial charge >= 0.3 is 0 Å². The highest BCUT2D eigenvalue weighted by molar-refractivity contribution is 7.98. The molecule has 1 aromatic heterocycles. The fourth-order valence-electron chi connectivity index (χ4n) is 2.60. The molecule has 0 radical (unpaired) electrons. The van der Waals surface area contributed by atoms with Gasteiger partial charge < -0.3 is 14.6 Å². The number of halogens is 1. The van der Waals surface area contributed by atoms with Crippen LogP contribution in [0, 0.1) is 5.82 Å². The number of hydrogen-bond acceptors (Lipinski definition) is 6. The monoisotopic (exact) mass is 337 g/mol. The fourth-order valence-corrected chi connectivity index (χ4v) is 3.06. The van der Waals surface area contributed by atoms with Crippen LogP contribution in [-0.4, -0.2) is 35.6 Å². The van der Waals surface area contributed by atoms with Gasteiger partial charge in [0.25, 0.3) is 5.89 Å². The number of hydrogen-bond donors (Lipinski definition) is 1. The molecule has 1 saturated heterocycles. The summed E-state index contributed by atoms with van der Waals surface area (Å²) in [5.41, 5.74) is 0.601. The average Bonchev–Trinajstić information content (AvgIpc) is 3.06. The van der Waals surface area contributed by atoms with Gasteiger partial charge in [-0.25, -0.2) is 4.39 Å². The van der Waals surface area contributed by atoms with E-state index in [0.29, 0.717) is 22.2 Å². The normalized spacial score (nSPS) is 17.3. The van der Waals surface area contributed by atoms with Crippen LogP contribution in [0.1, 0.15) is 31.8 Å². The Balaban J connectivity index is 1.70. The minimum atomic E-state index is -0.277. The highest BCUT2D eigenvalue weighted by Gasteiger charge is 2.22. The molecule has 2 heterocycles. The van der Waals surface area contributed by atoms with Crippen molar-refractivity contribution in [1.82, 2.24) is 15.5 Å². The number of piperidine rings is 1. The summed E-state index contributed by atoms with van der Waals surface area (Å²) in [6, 6.07) is 4.95. The van der Waals surface area contributed by atoms with E-state index in [1.54, 1.807) is 12.1 Å². The van der Waals surface area contributed by atoms with Crippen molar-refractivity contribution < 1.29 is 13.7 Å². The minimum Gasteiger partial charge on any atom is -0.365 e. The van der Waals surface area contributed by atoms with E-state index in [2.05, 4.69) is 15.5 Å². The lowest BCUT2D eigenvalue weighted by atomic mass is 10.1. The van der Waals surface area contributed by atoms with Crippen LogP contribution in [-0.2, 0) is 4.74 Å². The molecule has 0 bridgehead atoms. The van der Waals surface area contributed by atoms with E-state index in [9.17, 15) is 4.39 Å². The van der Waals surface area contributed by atoms with Gasteiger partial charge in [-0.3, -0.25) is 0 Å². The first kappa shape index (κ1) is 16.4. The van der Waals surface area contributed by atoms with Crippen molar-refractivity contribution in [2.24, 2.45) is 0 Å². The van der Waals surface area contributed by atoms with Gasteiger partial charge in [0.2, 0.25) is 5.82 Å². The summed E-state index contributed by atoms with van der Waals surface area (Å²) in [5.74, 6) is 0.528. The topological polar surface area (TPSA) is 60.2 Å². The Morgan fingerprint density at radius 3 is 2.87 bits per heavy atom. The van der Waals surface area contributed by atoms with Crippen LogP contribution in [0.4, 0.5) is 4.39 Å². The molecule has 0 unspecified atom stereocenters. The maximum atomic E-state index is 13.9. The number of benzene rings is 1. The number of rotatable bonds is 5. The van der Waals surface area contributed by atoms with Crippen LogP contribution in [0.25, 0.3) is 11.4 Å². The van der Waals surface area contributed by atoms with Gasteiger partial charge in [-0.2, -0.15) is 4.98 Å². The Hall–Kier alpha value is -1.44. The molecule has 1 N–H and O–H groups in total. The molecule has 0 saturated carbocycles. The first-order valence-electron chi connectivity index (χ1n) is 7.71. The third-order valence-electron chi connectivity index (χ3n) is 3.88. The molecule has 7 heteroatoms. The Labute approximate surface area is 139 Å². The molecule has 1 aromatic carbocycles. The molecule has 0 spiro atoms. The molecule has 3 rings (SSSR count). The molecule has 23 heavy (non-hydrogen) atoms. The van der Waals surface area contributed by atoms with E-state index < -0.39 is 0 Å². The Morgan fingerprint density at radius 2 is 2.17 bits per heavy atom. The maximum Gasteiger partial charge on any atom is 0.255 e. The van der Waals surface area contributed by atoms with Crippen LogP contribution >= 0.6 is 11.8 Å². The molecule has 2 aromatic rings. The largest absolute Gasteiger partial charge is 0.365 e. The third kappa shape index (κ3) is 3.91. The zero-order valence-corrected chi connectivity index (χ0v) is 14.0. The van der Waals surface area contributed by atoms with Crippen LogP contribution < -0.4 is 5.32 Å². The number of nitrogens with one attached hydrogen (secondary N) is 1. The van der Waals surface area contributed by atoms with Gasteiger partial charge in [0.1, 0.15) is 11.9 Å². The Morgan fingerprint density at radius 1 is 1.39 bits per heavy atom. The number of nitrogens with zero attached hydrogens (tertiary/aromatic N) is 2. The van der Waals surface area contributed by atoms with Gasteiger partial charge in [-0.1, -0.05) is 5.16 Å². The fraction of sp³-hybridized carbons (Fsp3) is 0.500. The zero-order chi connectivity index (χ0) is 16.2. The summed E-state index contributed by atoms with van der Waals surface area (Å²) in [5, 5.41) is 7.24. The molecule has 1 fully saturated rings. The highest BCUT2D eigenvalue weighted by Crippen LogP contribution is 2.26. The van der Waals surface area contributed by atoms with Gasteiger partial charge in [0.15, 0.2) is 0 Å². The molecule has 0 aliphatic carbocycles. The van der Waals surface area contributed by atoms with E-state index in [-0.39, 0.29) is 18.0 Å². The van der Waals surface area contributed by atoms with Gasteiger partial charge in [0, 0.05) is 10.5 Å². The second-order valence-corrected chi connectivity index (χ2v) is 6.38. The SMILES string of the molecule is CSc1ccc(-c2noc([C@H](C)OC3CCNCC3)n2)cc1F. The zero-order valence-electron chi connectivity index (χ0n) is 13.2. The van der Waals surface area contributed by atoms with Crippen LogP contribution in [0.2, 0.25) is 0 Å². The lowest BCUT2D eigenvalue weighted by molar-refractivity contribution is -0.0326. The first-order valence-corrected chi connectivity index (χ1v) is 8.93.